The number of hydrogen-bond donors (Lipinski definition) is 2. The van der Waals surface area contributed by atoms with Crippen LogP contribution in [0.2, 0.25) is 0 Å². The number of aromatic nitrogens is 2. The summed E-state index contributed by atoms with van der Waals surface area (Å²) in [5.41, 5.74) is 2.34. The number of anilines is 1. The molecule has 0 spiro atoms. The number of imide groups is 1. The normalized spacial score (nSPS) is 21.6. The van der Waals surface area contributed by atoms with Crippen molar-refractivity contribution in [2.24, 2.45) is 7.05 Å². The molecule has 0 aliphatic carbocycles. The smallest absolute Gasteiger partial charge is 0.329 e. The fraction of sp³-hybridized carbons (Fsp3) is 0.471. The highest BCUT2D eigenvalue weighted by Gasteiger charge is 2.32. The summed E-state index contributed by atoms with van der Waals surface area (Å²) in [6.07, 6.45) is 0.596. The molecule has 2 aliphatic rings. The van der Waals surface area contributed by atoms with E-state index in [0.29, 0.717) is 6.42 Å². The SMILES string of the molecule is Cn1c(=O)n(C2CCC(=O)NC2=O)c2cccc(N3CCNCC3)c21. The molecule has 2 aliphatic heterocycles. The zero-order chi connectivity index (χ0) is 17.6. The molecule has 2 saturated heterocycles. The molecule has 25 heavy (non-hydrogen) atoms. The van der Waals surface area contributed by atoms with Crippen LogP contribution >= 0.6 is 0 Å². The van der Waals surface area contributed by atoms with Crippen LogP contribution in [0.1, 0.15) is 18.9 Å². The molecule has 0 saturated carbocycles. The summed E-state index contributed by atoms with van der Waals surface area (Å²) in [6.45, 7) is 3.55. The number of para-hydroxylation sites is 1. The standard InChI is InChI=1S/C17H21N5O3/c1-20-15-11(21-9-7-18-8-10-21)3-2-4-12(15)22(17(20)25)13-5-6-14(23)19-16(13)24/h2-4,13,18H,5-10H2,1H3,(H,19,23,24). The second-order valence-corrected chi connectivity index (χ2v) is 6.56. The van der Waals surface area contributed by atoms with Gasteiger partial charge in [0.05, 0.1) is 16.7 Å². The number of imidazole rings is 1. The summed E-state index contributed by atoms with van der Waals surface area (Å²) in [5.74, 6) is -0.686. The average molecular weight is 343 g/mol. The van der Waals surface area contributed by atoms with Crippen LogP contribution in [0.4, 0.5) is 5.69 Å². The maximum absolute atomic E-state index is 12.9. The molecule has 3 heterocycles. The van der Waals surface area contributed by atoms with Crippen molar-refractivity contribution in [2.75, 3.05) is 31.1 Å². The molecular formula is C17H21N5O3. The highest BCUT2D eigenvalue weighted by Crippen LogP contribution is 2.29. The number of rotatable bonds is 2. The molecule has 2 amide bonds. The molecule has 8 nitrogen and oxygen atoms in total. The lowest BCUT2D eigenvalue weighted by molar-refractivity contribution is -0.135. The second-order valence-electron chi connectivity index (χ2n) is 6.56. The van der Waals surface area contributed by atoms with E-state index < -0.39 is 11.9 Å². The largest absolute Gasteiger partial charge is 0.367 e. The van der Waals surface area contributed by atoms with E-state index >= 15 is 0 Å². The first kappa shape index (κ1) is 15.9. The molecule has 1 aromatic heterocycles. The molecule has 2 aromatic rings. The summed E-state index contributed by atoms with van der Waals surface area (Å²) >= 11 is 0. The fourth-order valence-electron chi connectivity index (χ4n) is 3.81. The van der Waals surface area contributed by atoms with Crippen LogP contribution in [0.5, 0.6) is 0 Å². The van der Waals surface area contributed by atoms with Gasteiger partial charge in [-0.25, -0.2) is 4.79 Å². The van der Waals surface area contributed by atoms with Crippen molar-refractivity contribution in [3.8, 4) is 0 Å². The minimum Gasteiger partial charge on any atom is -0.367 e. The molecular weight excluding hydrogens is 322 g/mol. The monoisotopic (exact) mass is 343 g/mol. The zero-order valence-electron chi connectivity index (χ0n) is 14.1. The summed E-state index contributed by atoms with van der Waals surface area (Å²) in [7, 11) is 1.73. The number of carbonyl (C=O) groups excluding carboxylic acids is 2. The van der Waals surface area contributed by atoms with Crippen LogP contribution in [-0.4, -0.2) is 47.1 Å². The third-order valence-electron chi connectivity index (χ3n) is 5.06. The van der Waals surface area contributed by atoms with Gasteiger partial charge in [0.15, 0.2) is 0 Å². The lowest BCUT2D eigenvalue weighted by Crippen LogP contribution is -2.44. The summed E-state index contributed by atoms with van der Waals surface area (Å²) in [5, 5.41) is 5.67. The Bertz CT molecular complexity index is 907. The number of piperidine rings is 1. The highest BCUT2D eigenvalue weighted by molar-refractivity contribution is 6.00. The number of piperazine rings is 1. The minimum atomic E-state index is -0.646. The van der Waals surface area contributed by atoms with Crippen molar-refractivity contribution >= 4 is 28.5 Å². The number of amides is 2. The highest BCUT2D eigenvalue weighted by atomic mass is 16.2. The van der Waals surface area contributed by atoms with Gasteiger partial charge in [0.25, 0.3) is 0 Å². The molecule has 1 unspecified atom stereocenters. The van der Waals surface area contributed by atoms with Crippen molar-refractivity contribution in [2.45, 2.75) is 18.9 Å². The maximum Gasteiger partial charge on any atom is 0.329 e. The van der Waals surface area contributed by atoms with Crippen molar-refractivity contribution < 1.29 is 9.59 Å². The molecule has 0 bridgehead atoms. The van der Waals surface area contributed by atoms with Crippen LogP contribution in [0, 0.1) is 0 Å². The van der Waals surface area contributed by atoms with Crippen molar-refractivity contribution in [1.82, 2.24) is 19.8 Å². The van der Waals surface area contributed by atoms with Gasteiger partial charge < -0.3 is 10.2 Å². The van der Waals surface area contributed by atoms with Gasteiger partial charge >= 0.3 is 5.69 Å². The predicted octanol–water partition coefficient (Wildman–Crippen LogP) is -0.273. The van der Waals surface area contributed by atoms with E-state index in [1.165, 1.54) is 4.57 Å². The molecule has 8 heteroatoms. The first-order chi connectivity index (χ1) is 12.1. The van der Waals surface area contributed by atoms with Gasteiger partial charge in [-0.2, -0.15) is 0 Å². The number of hydrogen-bond acceptors (Lipinski definition) is 5. The summed E-state index contributed by atoms with van der Waals surface area (Å²) in [4.78, 5) is 38.8. The molecule has 1 atom stereocenters. The number of nitrogens with zero attached hydrogens (tertiary/aromatic N) is 3. The number of nitrogens with one attached hydrogen (secondary N) is 2. The van der Waals surface area contributed by atoms with E-state index in [1.807, 2.05) is 18.2 Å². The van der Waals surface area contributed by atoms with Gasteiger partial charge in [0.2, 0.25) is 11.8 Å². The number of carbonyl (C=O) groups is 2. The number of benzene rings is 1. The van der Waals surface area contributed by atoms with E-state index in [0.717, 1.165) is 42.9 Å². The zero-order valence-corrected chi connectivity index (χ0v) is 14.1. The molecule has 2 fully saturated rings. The Morgan fingerprint density at radius 1 is 1.12 bits per heavy atom. The Morgan fingerprint density at radius 2 is 1.88 bits per heavy atom. The first-order valence-corrected chi connectivity index (χ1v) is 8.57. The van der Waals surface area contributed by atoms with Crippen LogP contribution in [-0.2, 0) is 16.6 Å². The maximum atomic E-state index is 12.9. The number of fused-ring (bicyclic) bond motifs is 1. The van der Waals surface area contributed by atoms with E-state index in [1.54, 1.807) is 11.6 Å². The lowest BCUT2D eigenvalue weighted by atomic mass is 10.1. The molecule has 1 aromatic carbocycles. The minimum absolute atomic E-state index is 0.230. The predicted molar refractivity (Wildman–Crippen MR) is 93.7 cm³/mol. The third kappa shape index (κ3) is 2.53. The summed E-state index contributed by atoms with van der Waals surface area (Å²) in [6, 6.07) is 5.16. The van der Waals surface area contributed by atoms with Gasteiger partial charge in [-0.15, -0.1) is 0 Å². The van der Waals surface area contributed by atoms with Gasteiger partial charge in [-0.1, -0.05) is 6.07 Å². The van der Waals surface area contributed by atoms with Crippen LogP contribution in [0.25, 0.3) is 11.0 Å². The molecule has 4 rings (SSSR count). The van der Waals surface area contributed by atoms with E-state index in [9.17, 15) is 14.4 Å². The van der Waals surface area contributed by atoms with Crippen LogP contribution < -0.4 is 21.2 Å². The quantitative estimate of drug-likeness (QED) is 0.733. The van der Waals surface area contributed by atoms with Crippen LogP contribution in [0.15, 0.2) is 23.0 Å². The third-order valence-corrected chi connectivity index (χ3v) is 5.06. The second kappa shape index (κ2) is 6.03. The van der Waals surface area contributed by atoms with Gasteiger partial charge in [0, 0.05) is 39.6 Å². The van der Waals surface area contributed by atoms with E-state index in [2.05, 4.69) is 15.5 Å². The van der Waals surface area contributed by atoms with Crippen molar-refractivity contribution in [3.63, 3.8) is 0 Å². The molecule has 0 radical (unpaired) electrons. The van der Waals surface area contributed by atoms with E-state index in [4.69, 9.17) is 0 Å². The summed E-state index contributed by atoms with van der Waals surface area (Å²) < 4.78 is 3.14. The van der Waals surface area contributed by atoms with Gasteiger partial charge in [-0.05, 0) is 18.6 Å². The Morgan fingerprint density at radius 3 is 2.60 bits per heavy atom. The first-order valence-electron chi connectivity index (χ1n) is 8.57. The van der Waals surface area contributed by atoms with Crippen molar-refractivity contribution in [3.05, 3.63) is 28.7 Å². The lowest BCUT2D eigenvalue weighted by Gasteiger charge is -2.30. The van der Waals surface area contributed by atoms with Crippen LogP contribution in [0.3, 0.4) is 0 Å². The average Bonchev–Trinajstić information content (AvgIpc) is 2.87. The Balaban J connectivity index is 1.86. The Kier molecular flexibility index (Phi) is 3.84. The Hall–Kier alpha value is -2.61. The van der Waals surface area contributed by atoms with E-state index in [-0.39, 0.29) is 18.0 Å². The molecule has 132 valence electrons. The van der Waals surface area contributed by atoms with Gasteiger partial charge in [-0.3, -0.25) is 24.0 Å². The van der Waals surface area contributed by atoms with Crippen molar-refractivity contribution in [1.29, 1.82) is 0 Å². The fourth-order valence-corrected chi connectivity index (χ4v) is 3.81. The number of aryl methyl sites for hydroxylation is 1. The van der Waals surface area contributed by atoms with Gasteiger partial charge in [0.1, 0.15) is 6.04 Å². The topological polar surface area (TPSA) is 88.4 Å². The molecule has 2 N–H and O–H groups in total. The Labute approximate surface area is 144 Å².